The van der Waals surface area contributed by atoms with Gasteiger partial charge in [0.15, 0.2) is 0 Å². The zero-order valence-corrected chi connectivity index (χ0v) is 19.5. The second kappa shape index (κ2) is 13.8. The van der Waals surface area contributed by atoms with E-state index >= 15 is 0 Å². The molecule has 1 aliphatic heterocycles. The van der Waals surface area contributed by atoms with E-state index < -0.39 is 5.97 Å². The number of hydrogen-bond donors (Lipinski definition) is 3. The number of nitrogens with zero attached hydrogens (tertiary/aromatic N) is 2. The summed E-state index contributed by atoms with van der Waals surface area (Å²) < 4.78 is 14.3. The first-order valence-corrected chi connectivity index (χ1v) is 11.4. The van der Waals surface area contributed by atoms with Crippen molar-refractivity contribution < 1.29 is 30.3 Å². The third-order valence-corrected chi connectivity index (χ3v) is 6.50. The maximum Gasteiger partial charge on any atom is 0.304 e. The molecule has 1 unspecified atom stereocenters. The molecule has 0 radical (unpaired) electrons. The number of H-pyrrole nitrogens is 1. The van der Waals surface area contributed by atoms with E-state index in [0.717, 1.165) is 38.1 Å². The maximum atomic E-state index is 11.0. The van der Waals surface area contributed by atoms with Crippen LogP contribution < -0.4 is 9.46 Å². The first-order chi connectivity index (χ1) is 15.1. The molecule has 0 spiro atoms. The topological polar surface area (TPSA) is 172 Å². The Morgan fingerprint density at radius 1 is 1.29 bits per heavy atom. The van der Waals surface area contributed by atoms with E-state index in [1.165, 1.54) is 23.7 Å². The lowest BCUT2D eigenvalue weighted by molar-refractivity contribution is -0.136. The number of aromatic nitrogens is 2. The number of carboxylic acid groups (broad SMARTS) is 1. The highest BCUT2D eigenvalue weighted by Crippen LogP contribution is 2.35. The minimum Gasteiger partial charge on any atom is -0.491 e. The molecule has 7 N–H and O–H groups in total. The van der Waals surface area contributed by atoms with Crippen molar-refractivity contribution in [2.24, 2.45) is 4.99 Å². The molecular formula is C22H30N4O6S2. The smallest absolute Gasteiger partial charge is 0.304 e. The number of anilines is 1. The Kier molecular flexibility index (Phi) is 11.9. The van der Waals surface area contributed by atoms with Crippen LogP contribution in [0.5, 0.6) is 5.75 Å². The fourth-order valence-electron chi connectivity index (χ4n) is 3.12. The summed E-state index contributed by atoms with van der Waals surface area (Å²) in [6.07, 6.45) is 1.85. The minimum atomic E-state index is -0.804. The van der Waals surface area contributed by atoms with Crippen LogP contribution in [-0.4, -0.2) is 69.2 Å². The molecule has 1 aliphatic rings. The van der Waals surface area contributed by atoms with Crippen LogP contribution in [0.25, 0.3) is 10.9 Å². The number of methoxy groups -OCH3 is 1. The largest absolute Gasteiger partial charge is 0.491 e. The molecule has 2 aromatic heterocycles. The monoisotopic (exact) mass is 510 g/mol. The number of hydrogen-bond acceptors (Lipinski definition) is 8. The van der Waals surface area contributed by atoms with Gasteiger partial charge in [-0.1, -0.05) is 25.3 Å². The molecule has 3 aromatic rings. The third-order valence-electron chi connectivity index (χ3n) is 4.51. The number of carboxylic acids is 1. The Hall–Kier alpha value is -2.77. The molecule has 1 atom stereocenters. The molecule has 10 nitrogen and oxygen atoms in total. The van der Waals surface area contributed by atoms with Gasteiger partial charge in [-0.3, -0.25) is 9.79 Å². The van der Waals surface area contributed by atoms with Crippen LogP contribution in [0.1, 0.15) is 19.5 Å². The summed E-state index contributed by atoms with van der Waals surface area (Å²) >= 11 is 2.91. The molecule has 1 aromatic carbocycles. The zero-order chi connectivity index (χ0) is 21.6. The predicted molar refractivity (Wildman–Crippen MR) is 138 cm³/mol. The molecule has 0 fully saturated rings. The van der Waals surface area contributed by atoms with Gasteiger partial charge in [0.1, 0.15) is 22.4 Å². The molecule has 0 aliphatic carbocycles. The van der Waals surface area contributed by atoms with Crippen LogP contribution in [0.2, 0.25) is 0 Å². The Morgan fingerprint density at radius 3 is 2.82 bits per heavy atom. The van der Waals surface area contributed by atoms with Crippen LogP contribution >= 0.6 is 23.7 Å². The Balaban J connectivity index is 0.00000193. The van der Waals surface area contributed by atoms with Gasteiger partial charge in [-0.2, -0.15) is 0 Å². The standard InChI is InChI=1S/C21H22N4O4S2.CH4.2H2O/c1-28-6-7-29-14-8-13-9-17(21-23-12-15(30-21)11-19(26)27)24-20(13)16(10-14)25-31-18-4-2-3-5-22-18;;;/h2-5,8-10,15,24-25H,6-7,11-12H2,1H3,(H,26,27);1H4;2*1H2. The van der Waals surface area contributed by atoms with E-state index in [-0.39, 0.29) is 30.0 Å². The minimum absolute atomic E-state index is 0. The number of carbonyl (C=O) groups is 1. The molecule has 12 heteroatoms. The van der Waals surface area contributed by atoms with Gasteiger partial charge in [0, 0.05) is 42.0 Å². The molecule has 3 heterocycles. The summed E-state index contributed by atoms with van der Waals surface area (Å²) in [6.45, 7) is 1.46. The average molecular weight is 511 g/mol. The van der Waals surface area contributed by atoms with Gasteiger partial charge in [-0.15, -0.1) is 0 Å². The predicted octanol–water partition coefficient (Wildman–Crippen LogP) is 3.03. The zero-order valence-electron chi connectivity index (χ0n) is 17.8. The van der Waals surface area contributed by atoms with E-state index in [1.807, 2.05) is 36.4 Å². The van der Waals surface area contributed by atoms with Crippen LogP contribution in [-0.2, 0) is 9.53 Å². The Morgan fingerprint density at radius 2 is 2.12 bits per heavy atom. The first-order valence-electron chi connectivity index (χ1n) is 9.68. The lowest BCUT2D eigenvalue weighted by Crippen LogP contribution is -2.10. The van der Waals surface area contributed by atoms with Crippen molar-refractivity contribution in [1.29, 1.82) is 0 Å². The summed E-state index contributed by atoms with van der Waals surface area (Å²) in [4.78, 5) is 23.3. The van der Waals surface area contributed by atoms with Crippen molar-refractivity contribution in [2.45, 2.75) is 24.1 Å². The Labute approximate surface area is 206 Å². The van der Waals surface area contributed by atoms with Gasteiger partial charge in [0.25, 0.3) is 0 Å². The van der Waals surface area contributed by atoms with Gasteiger partial charge < -0.3 is 35.2 Å². The number of benzene rings is 1. The van der Waals surface area contributed by atoms with E-state index in [9.17, 15) is 4.79 Å². The number of rotatable bonds is 10. The van der Waals surface area contributed by atoms with Gasteiger partial charge >= 0.3 is 5.97 Å². The Bertz CT molecular complexity index is 1090. The highest BCUT2D eigenvalue weighted by atomic mass is 32.2. The molecule has 34 heavy (non-hydrogen) atoms. The van der Waals surface area contributed by atoms with Crippen molar-refractivity contribution in [3.05, 3.63) is 48.3 Å². The maximum absolute atomic E-state index is 11.0. The molecule has 0 saturated carbocycles. The summed E-state index contributed by atoms with van der Waals surface area (Å²) in [7, 11) is 1.64. The fourth-order valence-corrected chi connectivity index (χ4v) is 4.83. The number of ether oxygens (including phenoxy) is 2. The van der Waals surface area contributed by atoms with E-state index in [2.05, 4.69) is 19.7 Å². The molecule has 0 amide bonds. The number of nitrogens with one attached hydrogen (secondary N) is 2. The molecule has 0 saturated heterocycles. The SMILES string of the molecule is C.COCCOc1cc(NSc2ccccn2)c2[nH]c(C3=NCC(CC(=O)O)S3)cc2c1.O.O. The quantitative estimate of drug-likeness (QED) is 0.276. The summed E-state index contributed by atoms with van der Waals surface area (Å²) in [5, 5.41) is 11.7. The van der Waals surface area contributed by atoms with Crippen LogP contribution in [0.15, 0.2) is 52.6 Å². The van der Waals surface area contributed by atoms with Crippen LogP contribution in [0.4, 0.5) is 5.69 Å². The lowest BCUT2D eigenvalue weighted by Gasteiger charge is -2.10. The second-order valence-corrected chi connectivity index (χ2v) is 8.93. The number of aromatic amines is 1. The van der Waals surface area contributed by atoms with Crippen molar-refractivity contribution in [2.75, 3.05) is 31.6 Å². The molecule has 0 bridgehead atoms. The van der Waals surface area contributed by atoms with Crippen molar-refractivity contribution in [3.8, 4) is 5.75 Å². The summed E-state index contributed by atoms with van der Waals surface area (Å²) in [6, 6.07) is 11.7. The number of fused-ring (bicyclic) bond motifs is 1. The highest BCUT2D eigenvalue weighted by molar-refractivity contribution is 8.15. The third kappa shape index (κ3) is 7.37. The van der Waals surface area contributed by atoms with E-state index in [1.54, 1.807) is 13.3 Å². The lowest BCUT2D eigenvalue weighted by atomic mass is 10.2. The summed E-state index contributed by atoms with van der Waals surface area (Å²) in [5.41, 5.74) is 2.65. The van der Waals surface area contributed by atoms with Gasteiger partial charge in [0.05, 0.1) is 36.5 Å². The van der Waals surface area contributed by atoms with E-state index in [4.69, 9.17) is 14.6 Å². The second-order valence-electron chi connectivity index (χ2n) is 6.81. The molecule has 4 rings (SSSR count). The van der Waals surface area contributed by atoms with Crippen LogP contribution in [0.3, 0.4) is 0 Å². The molecular weight excluding hydrogens is 480 g/mol. The van der Waals surface area contributed by atoms with E-state index in [0.29, 0.717) is 19.8 Å². The van der Waals surface area contributed by atoms with Gasteiger partial charge in [-0.25, -0.2) is 4.98 Å². The van der Waals surface area contributed by atoms with Crippen molar-refractivity contribution >= 4 is 51.3 Å². The number of aliphatic carboxylic acids is 1. The van der Waals surface area contributed by atoms with Gasteiger partial charge in [0.2, 0.25) is 0 Å². The fraction of sp³-hybridized carbons (Fsp3) is 0.318. The van der Waals surface area contributed by atoms with Crippen molar-refractivity contribution in [3.63, 3.8) is 0 Å². The van der Waals surface area contributed by atoms with Crippen LogP contribution in [0, 0.1) is 0 Å². The normalized spacial score (nSPS) is 14.4. The number of pyridine rings is 1. The first kappa shape index (κ1) is 29.3. The van der Waals surface area contributed by atoms with Gasteiger partial charge in [-0.05, 0) is 24.3 Å². The number of thioether (sulfide) groups is 1. The molecule has 186 valence electrons. The summed E-state index contributed by atoms with van der Waals surface area (Å²) in [5.74, 6) is -0.0783. The number of aliphatic imine (C=N–C) groups is 1. The van der Waals surface area contributed by atoms with Crippen molar-refractivity contribution in [1.82, 2.24) is 9.97 Å². The average Bonchev–Trinajstić information content (AvgIpc) is 3.39. The highest BCUT2D eigenvalue weighted by Gasteiger charge is 2.24.